The molecule has 1 aromatic carbocycles. The molecule has 2 aliphatic heterocycles. The number of benzene rings is 1. The van der Waals surface area contributed by atoms with E-state index in [1.807, 2.05) is 23.6 Å². The Hall–Kier alpha value is -2.13. The van der Waals surface area contributed by atoms with E-state index in [0.717, 1.165) is 17.7 Å². The normalized spacial score (nSPS) is 20.1. The Morgan fingerprint density at radius 3 is 2.60 bits per heavy atom. The van der Waals surface area contributed by atoms with E-state index in [0.29, 0.717) is 31.2 Å². The predicted molar refractivity (Wildman–Crippen MR) is 113 cm³/mol. The standard InChI is InChI=1S/C20H26ClN5O3S/c1-13(2)12-30(28,29)16-3-4-17(18(21)7-16)15-10-26(11-15)20(27)25-6-5-14(9-25)19-8-22-24-23-19/h3-4,7-8,13-15H,5-6,9-12H2,1-2H3,(H,22,23,24). The van der Waals surface area contributed by atoms with Crippen LogP contribution in [0.2, 0.25) is 5.02 Å². The number of nitrogens with one attached hydrogen (secondary N) is 1. The zero-order valence-electron chi connectivity index (χ0n) is 17.1. The molecule has 2 aromatic rings. The quantitative estimate of drug-likeness (QED) is 0.753. The fourth-order valence-corrected chi connectivity index (χ4v) is 6.22. The SMILES string of the molecule is CC(C)CS(=O)(=O)c1ccc(C2CN(C(=O)N3CCC(c4cn[nH]n4)C3)C2)c(Cl)c1. The maximum Gasteiger partial charge on any atom is 0.320 e. The molecule has 162 valence electrons. The minimum Gasteiger partial charge on any atom is -0.324 e. The summed E-state index contributed by atoms with van der Waals surface area (Å²) in [7, 11) is -3.34. The Balaban J connectivity index is 1.36. The smallest absolute Gasteiger partial charge is 0.320 e. The molecule has 2 saturated heterocycles. The number of H-pyrrole nitrogens is 1. The van der Waals surface area contributed by atoms with E-state index < -0.39 is 9.84 Å². The van der Waals surface area contributed by atoms with Gasteiger partial charge in [-0.3, -0.25) is 0 Å². The molecule has 3 heterocycles. The predicted octanol–water partition coefficient (Wildman–Crippen LogP) is 2.90. The molecule has 2 amide bonds. The number of urea groups is 1. The largest absolute Gasteiger partial charge is 0.324 e. The molecule has 10 heteroatoms. The Morgan fingerprint density at radius 1 is 1.23 bits per heavy atom. The first kappa shape index (κ1) is 21.1. The van der Waals surface area contributed by atoms with Crippen LogP contribution in [-0.4, -0.2) is 71.6 Å². The molecule has 8 nitrogen and oxygen atoms in total. The van der Waals surface area contributed by atoms with Crippen molar-refractivity contribution in [2.24, 2.45) is 5.92 Å². The molecule has 0 saturated carbocycles. The van der Waals surface area contributed by atoms with Crippen molar-refractivity contribution < 1.29 is 13.2 Å². The van der Waals surface area contributed by atoms with E-state index in [2.05, 4.69) is 15.4 Å². The lowest BCUT2D eigenvalue weighted by Gasteiger charge is -2.41. The van der Waals surface area contributed by atoms with Crippen LogP contribution in [0.5, 0.6) is 0 Å². The fraction of sp³-hybridized carbons (Fsp3) is 0.550. The topological polar surface area (TPSA) is 99.3 Å². The Bertz CT molecular complexity index is 1020. The summed E-state index contributed by atoms with van der Waals surface area (Å²) in [6, 6.07) is 5.00. The van der Waals surface area contributed by atoms with E-state index in [1.165, 1.54) is 0 Å². The molecule has 1 aromatic heterocycles. The Morgan fingerprint density at radius 2 is 1.97 bits per heavy atom. The van der Waals surface area contributed by atoms with Crippen LogP contribution in [0.4, 0.5) is 4.79 Å². The van der Waals surface area contributed by atoms with Gasteiger partial charge in [-0.2, -0.15) is 15.4 Å². The third-order valence-corrected chi connectivity index (χ3v) is 8.19. The molecule has 1 unspecified atom stereocenters. The van der Waals surface area contributed by atoms with Crippen LogP contribution in [0, 0.1) is 5.92 Å². The van der Waals surface area contributed by atoms with Gasteiger partial charge in [0.1, 0.15) is 0 Å². The van der Waals surface area contributed by atoms with E-state index in [9.17, 15) is 13.2 Å². The lowest BCUT2D eigenvalue weighted by Crippen LogP contribution is -2.53. The number of nitrogens with zero attached hydrogens (tertiary/aromatic N) is 4. The minimum absolute atomic E-state index is 0.0319. The van der Waals surface area contributed by atoms with E-state index in [1.54, 1.807) is 24.4 Å². The molecule has 2 fully saturated rings. The van der Waals surface area contributed by atoms with Gasteiger partial charge < -0.3 is 9.80 Å². The second-order valence-corrected chi connectivity index (χ2v) is 11.0. The van der Waals surface area contributed by atoms with E-state index in [4.69, 9.17) is 11.6 Å². The summed E-state index contributed by atoms with van der Waals surface area (Å²) in [4.78, 5) is 16.7. The van der Waals surface area contributed by atoms with Gasteiger partial charge in [-0.15, -0.1) is 0 Å². The van der Waals surface area contributed by atoms with Gasteiger partial charge in [0.25, 0.3) is 0 Å². The van der Waals surface area contributed by atoms with Gasteiger partial charge in [0, 0.05) is 43.0 Å². The molecular weight excluding hydrogens is 426 g/mol. The van der Waals surface area contributed by atoms with Crippen molar-refractivity contribution in [3.8, 4) is 0 Å². The van der Waals surface area contributed by atoms with Gasteiger partial charge >= 0.3 is 6.03 Å². The van der Waals surface area contributed by atoms with Crippen LogP contribution in [0.15, 0.2) is 29.3 Å². The number of sulfone groups is 1. The number of aromatic amines is 1. The van der Waals surface area contributed by atoms with Gasteiger partial charge in [0.05, 0.1) is 22.5 Å². The molecule has 30 heavy (non-hydrogen) atoms. The summed E-state index contributed by atoms with van der Waals surface area (Å²) >= 11 is 6.42. The molecule has 2 aliphatic rings. The van der Waals surface area contributed by atoms with Crippen molar-refractivity contribution >= 4 is 27.5 Å². The lowest BCUT2D eigenvalue weighted by atomic mass is 9.92. The van der Waals surface area contributed by atoms with Crippen molar-refractivity contribution in [2.45, 2.75) is 37.0 Å². The number of likely N-dealkylation sites (tertiary alicyclic amines) is 2. The van der Waals surface area contributed by atoms with Crippen molar-refractivity contribution in [3.63, 3.8) is 0 Å². The van der Waals surface area contributed by atoms with E-state index >= 15 is 0 Å². The minimum atomic E-state index is -3.34. The highest BCUT2D eigenvalue weighted by Crippen LogP contribution is 2.35. The number of amides is 2. The van der Waals surface area contributed by atoms with Gasteiger partial charge in [-0.05, 0) is 30.0 Å². The van der Waals surface area contributed by atoms with Crippen LogP contribution < -0.4 is 0 Å². The van der Waals surface area contributed by atoms with Crippen LogP contribution >= 0.6 is 11.6 Å². The number of hydrogen-bond donors (Lipinski definition) is 1. The number of halogens is 1. The van der Waals surface area contributed by atoms with Crippen molar-refractivity contribution in [1.29, 1.82) is 0 Å². The van der Waals surface area contributed by atoms with E-state index in [-0.39, 0.29) is 34.4 Å². The lowest BCUT2D eigenvalue weighted by molar-refractivity contribution is 0.121. The second kappa shape index (κ2) is 8.19. The highest BCUT2D eigenvalue weighted by Gasteiger charge is 2.38. The first-order chi connectivity index (χ1) is 14.2. The number of carbonyl (C=O) groups excluding carboxylic acids is 1. The summed E-state index contributed by atoms with van der Waals surface area (Å²) in [5.41, 5.74) is 1.79. The molecule has 0 spiro atoms. The number of hydrogen-bond acceptors (Lipinski definition) is 5. The third kappa shape index (κ3) is 4.18. The molecule has 1 N–H and O–H groups in total. The number of aromatic nitrogens is 3. The van der Waals surface area contributed by atoms with Crippen LogP contribution in [0.25, 0.3) is 0 Å². The Kier molecular flexibility index (Phi) is 5.76. The average Bonchev–Trinajstić information content (AvgIpc) is 3.32. The van der Waals surface area contributed by atoms with Gasteiger partial charge in [-0.1, -0.05) is 31.5 Å². The summed E-state index contributed by atoms with van der Waals surface area (Å²) in [6.07, 6.45) is 2.60. The van der Waals surface area contributed by atoms with Crippen molar-refractivity contribution in [1.82, 2.24) is 25.2 Å². The fourth-order valence-electron chi connectivity index (χ4n) is 4.18. The summed E-state index contributed by atoms with van der Waals surface area (Å²) in [6.45, 7) is 6.28. The third-order valence-electron chi connectivity index (χ3n) is 5.79. The summed E-state index contributed by atoms with van der Waals surface area (Å²) < 4.78 is 24.9. The second-order valence-electron chi connectivity index (χ2n) is 8.57. The van der Waals surface area contributed by atoms with Crippen molar-refractivity contribution in [3.05, 3.63) is 40.7 Å². The molecule has 4 rings (SSSR count). The van der Waals surface area contributed by atoms with Crippen LogP contribution in [-0.2, 0) is 9.84 Å². The highest BCUT2D eigenvalue weighted by atomic mass is 35.5. The molecule has 0 bridgehead atoms. The average molecular weight is 452 g/mol. The van der Waals surface area contributed by atoms with Gasteiger partial charge in [-0.25, -0.2) is 13.2 Å². The van der Waals surface area contributed by atoms with Crippen molar-refractivity contribution in [2.75, 3.05) is 31.9 Å². The number of rotatable bonds is 5. The molecule has 0 aliphatic carbocycles. The number of carbonyl (C=O) groups is 1. The first-order valence-corrected chi connectivity index (χ1v) is 12.2. The summed E-state index contributed by atoms with van der Waals surface area (Å²) in [5.74, 6) is 0.491. The molecular formula is C20H26ClN5O3S. The van der Waals surface area contributed by atoms with Gasteiger partial charge in [0.15, 0.2) is 9.84 Å². The van der Waals surface area contributed by atoms with Crippen LogP contribution in [0.1, 0.15) is 43.4 Å². The summed E-state index contributed by atoms with van der Waals surface area (Å²) in [5, 5.41) is 11.0. The van der Waals surface area contributed by atoms with Crippen LogP contribution in [0.3, 0.4) is 0 Å². The zero-order valence-corrected chi connectivity index (χ0v) is 18.7. The maximum absolute atomic E-state index is 12.8. The molecule has 0 radical (unpaired) electrons. The monoisotopic (exact) mass is 451 g/mol. The molecule has 1 atom stereocenters. The zero-order chi connectivity index (χ0) is 21.5. The highest BCUT2D eigenvalue weighted by molar-refractivity contribution is 7.91. The first-order valence-electron chi connectivity index (χ1n) is 10.2. The van der Waals surface area contributed by atoms with Gasteiger partial charge in [0.2, 0.25) is 0 Å². The maximum atomic E-state index is 12.8. The Labute approximate surface area is 181 Å².